The van der Waals surface area contributed by atoms with Gasteiger partial charge in [-0.15, -0.1) is 0 Å². The number of benzene rings is 2. The number of nitrogens with one attached hydrogen (secondary N) is 1. The topological polar surface area (TPSA) is 52.2 Å². The number of aromatic nitrogens is 2. The van der Waals surface area contributed by atoms with E-state index in [2.05, 4.69) is 46.3 Å². The smallest absolute Gasteiger partial charge is 0.272 e. The highest BCUT2D eigenvalue weighted by Crippen LogP contribution is 2.22. The molecule has 0 aliphatic carbocycles. The Morgan fingerprint density at radius 1 is 1.04 bits per heavy atom. The molecule has 1 aliphatic heterocycles. The second kappa shape index (κ2) is 7.45. The second-order valence-corrected chi connectivity index (χ2v) is 7.23. The number of anilines is 1. The van der Waals surface area contributed by atoms with E-state index in [1.165, 1.54) is 11.3 Å². The molecule has 0 bridgehead atoms. The van der Waals surface area contributed by atoms with Gasteiger partial charge >= 0.3 is 0 Å². The van der Waals surface area contributed by atoms with Gasteiger partial charge in [0, 0.05) is 42.5 Å². The molecule has 3 aromatic rings. The zero-order valence-corrected chi connectivity index (χ0v) is 15.9. The van der Waals surface area contributed by atoms with Crippen molar-refractivity contribution in [1.82, 2.24) is 15.1 Å². The maximum Gasteiger partial charge on any atom is 0.272 e. The molecule has 1 aromatic heterocycles. The molecule has 1 saturated heterocycles. The monoisotopic (exact) mass is 380 g/mol. The largest absolute Gasteiger partial charge is 0.368 e. The third-order valence-corrected chi connectivity index (χ3v) is 5.13. The third kappa shape index (κ3) is 3.83. The standard InChI is InChI=1S/C21H21ClN4O/c1-15-3-2-4-18(13-15)25-9-11-26(12-10-25)21(27)20-14-19(23-24-20)16-5-7-17(22)8-6-16/h2-8,13-14H,9-12H2,1H3,(H,23,24). The van der Waals surface area contributed by atoms with Crippen LogP contribution in [0.3, 0.4) is 0 Å². The van der Waals surface area contributed by atoms with Gasteiger partial charge in [-0.3, -0.25) is 9.89 Å². The summed E-state index contributed by atoms with van der Waals surface area (Å²) in [5.41, 5.74) is 4.66. The van der Waals surface area contributed by atoms with Crippen LogP contribution in [0.2, 0.25) is 5.02 Å². The molecule has 1 aliphatic rings. The van der Waals surface area contributed by atoms with Crippen molar-refractivity contribution in [3.05, 3.63) is 70.9 Å². The van der Waals surface area contributed by atoms with Crippen LogP contribution in [0, 0.1) is 6.92 Å². The summed E-state index contributed by atoms with van der Waals surface area (Å²) < 4.78 is 0. The molecule has 6 heteroatoms. The maximum atomic E-state index is 12.8. The summed E-state index contributed by atoms with van der Waals surface area (Å²) in [6.07, 6.45) is 0. The van der Waals surface area contributed by atoms with Gasteiger partial charge in [0.15, 0.2) is 0 Å². The normalized spacial score (nSPS) is 14.4. The summed E-state index contributed by atoms with van der Waals surface area (Å²) in [6, 6.07) is 17.7. The first-order chi connectivity index (χ1) is 13.1. The van der Waals surface area contributed by atoms with Crippen molar-refractivity contribution >= 4 is 23.2 Å². The van der Waals surface area contributed by atoms with E-state index < -0.39 is 0 Å². The Kier molecular flexibility index (Phi) is 4.86. The fourth-order valence-electron chi connectivity index (χ4n) is 3.36. The summed E-state index contributed by atoms with van der Waals surface area (Å²) in [7, 11) is 0. The van der Waals surface area contributed by atoms with Crippen LogP contribution in [0.5, 0.6) is 0 Å². The van der Waals surface area contributed by atoms with E-state index in [-0.39, 0.29) is 5.91 Å². The number of hydrogen-bond donors (Lipinski definition) is 1. The molecule has 2 heterocycles. The molecule has 0 saturated carbocycles. The number of nitrogens with zero attached hydrogens (tertiary/aromatic N) is 3. The molecule has 4 rings (SSSR count). The molecule has 0 unspecified atom stereocenters. The van der Waals surface area contributed by atoms with Gasteiger partial charge < -0.3 is 9.80 Å². The van der Waals surface area contributed by atoms with E-state index in [9.17, 15) is 4.79 Å². The number of carbonyl (C=O) groups is 1. The minimum Gasteiger partial charge on any atom is -0.368 e. The van der Waals surface area contributed by atoms with Gasteiger partial charge in [0.05, 0.1) is 5.69 Å². The van der Waals surface area contributed by atoms with Crippen molar-refractivity contribution in [2.24, 2.45) is 0 Å². The molecular weight excluding hydrogens is 360 g/mol. The predicted molar refractivity (Wildman–Crippen MR) is 108 cm³/mol. The van der Waals surface area contributed by atoms with Gasteiger partial charge in [0.1, 0.15) is 5.69 Å². The van der Waals surface area contributed by atoms with E-state index in [0.717, 1.165) is 24.3 Å². The van der Waals surface area contributed by atoms with Gasteiger partial charge in [-0.25, -0.2) is 0 Å². The Morgan fingerprint density at radius 3 is 2.48 bits per heavy atom. The fourth-order valence-corrected chi connectivity index (χ4v) is 3.49. The molecule has 2 aromatic carbocycles. The average Bonchev–Trinajstić information content (AvgIpc) is 3.18. The van der Waals surface area contributed by atoms with Crippen LogP contribution in [0.25, 0.3) is 11.3 Å². The number of piperazine rings is 1. The van der Waals surface area contributed by atoms with Crippen LogP contribution in [-0.4, -0.2) is 47.2 Å². The third-order valence-electron chi connectivity index (χ3n) is 4.88. The maximum absolute atomic E-state index is 12.8. The summed E-state index contributed by atoms with van der Waals surface area (Å²) >= 11 is 5.93. The highest BCUT2D eigenvalue weighted by molar-refractivity contribution is 6.30. The lowest BCUT2D eigenvalue weighted by molar-refractivity contribution is 0.0741. The molecular formula is C21H21ClN4O. The van der Waals surface area contributed by atoms with E-state index in [4.69, 9.17) is 11.6 Å². The molecule has 1 N–H and O–H groups in total. The van der Waals surface area contributed by atoms with Crippen molar-refractivity contribution < 1.29 is 4.79 Å². The van der Waals surface area contributed by atoms with Crippen LogP contribution in [0.15, 0.2) is 54.6 Å². The number of halogens is 1. The molecule has 138 valence electrons. The van der Waals surface area contributed by atoms with Gasteiger partial charge in [-0.1, -0.05) is 35.9 Å². The van der Waals surface area contributed by atoms with E-state index >= 15 is 0 Å². The molecule has 27 heavy (non-hydrogen) atoms. The fraction of sp³-hybridized carbons (Fsp3) is 0.238. The molecule has 1 amide bonds. The highest BCUT2D eigenvalue weighted by atomic mass is 35.5. The van der Waals surface area contributed by atoms with Crippen molar-refractivity contribution in [2.75, 3.05) is 31.1 Å². The highest BCUT2D eigenvalue weighted by Gasteiger charge is 2.23. The Hall–Kier alpha value is -2.79. The Labute approximate surface area is 163 Å². The van der Waals surface area contributed by atoms with Crippen LogP contribution in [-0.2, 0) is 0 Å². The lowest BCUT2D eigenvalue weighted by atomic mass is 10.1. The first kappa shape index (κ1) is 17.6. The van der Waals surface area contributed by atoms with Crippen LogP contribution >= 0.6 is 11.6 Å². The van der Waals surface area contributed by atoms with Crippen LogP contribution in [0.4, 0.5) is 5.69 Å². The lowest BCUT2D eigenvalue weighted by Crippen LogP contribution is -2.48. The van der Waals surface area contributed by atoms with Gasteiger partial charge in [0.2, 0.25) is 0 Å². The number of aryl methyl sites for hydroxylation is 1. The number of rotatable bonds is 3. The quantitative estimate of drug-likeness (QED) is 0.747. The number of carbonyl (C=O) groups excluding carboxylic acids is 1. The predicted octanol–water partition coefficient (Wildman–Crippen LogP) is 4.00. The van der Waals surface area contributed by atoms with Gasteiger partial charge in [-0.05, 0) is 42.8 Å². The lowest BCUT2D eigenvalue weighted by Gasteiger charge is -2.36. The first-order valence-electron chi connectivity index (χ1n) is 9.02. The zero-order valence-electron chi connectivity index (χ0n) is 15.2. The molecule has 1 fully saturated rings. The molecule has 0 spiro atoms. The Bertz CT molecular complexity index is 943. The van der Waals surface area contributed by atoms with E-state index in [1.807, 2.05) is 29.2 Å². The summed E-state index contributed by atoms with van der Waals surface area (Å²) in [5, 5.41) is 7.83. The van der Waals surface area contributed by atoms with Gasteiger partial charge in [0.25, 0.3) is 5.91 Å². The van der Waals surface area contributed by atoms with Crippen molar-refractivity contribution in [3.63, 3.8) is 0 Å². The van der Waals surface area contributed by atoms with Crippen LogP contribution < -0.4 is 4.90 Å². The van der Waals surface area contributed by atoms with Crippen molar-refractivity contribution in [3.8, 4) is 11.3 Å². The first-order valence-corrected chi connectivity index (χ1v) is 9.40. The van der Waals surface area contributed by atoms with E-state index in [0.29, 0.717) is 23.8 Å². The Balaban J connectivity index is 1.42. The number of hydrogen-bond acceptors (Lipinski definition) is 3. The second-order valence-electron chi connectivity index (χ2n) is 6.79. The number of amides is 1. The zero-order chi connectivity index (χ0) is 18.8. The molecule has 0 radical (unpaired) electrons. The number of H-pyrrole nitrogens is 1. The summed E-state index contributed by atoms with van der Waals surface area (Å²) in [4.78, 5) is 17.0. The Morgan fingerprint density at radius 2 is 1.78 bits per heavy atom. The average molecular weight is 381 g/mol. The minimum absolute atomic E-state index is 0.00777. The molecule has 5 nitrogen and oxygen atoms in total. The summed E-state index contributed by atoms with van der Waals surface area (Å²) in [6.45, 7) is 5.14. The van der Waals surface area contributed by atoms with Crippen molar-refractivity contribution in [2.45, 2.75) is 6.92 Å². The minimum atomic E-state index is -0.00777. The molecule has 0 atom stereocenters. The van der Waals surface area contributed by atoms with E-state index in [1.54, 1.807) is 6.07 Å². The van der Waals surface area contributed by atoms with Crippen LogP contribution in [0.1, 0.15) is 16.1 Å². The summed E-state index contributed by atoms with van der Waals surface area (Å²) in [5.74, 6) is -0.00777. The van der Waals surface area contributed by atoms with Gasteiger partial charge in [-0.2, -0.15) is 5.10 Å². The van der Waals surface area contributed by atoms with Crippen molar-refractivity contribution in [1.29, 1.82) is 0 Å². The SMILES string of the molecule is Cc1cccc(N2CCN(C(=O)c3cc(-c4ccc(Cl)cc4)n[nH]3)CC2)c1. The number of aromatic amines is 1.